The topological polar surface area (TPSA) is 4.93 Å². The van der Waals surface area contributed by atoms with Crippen molar-refractivity contribution in [1.82, 2.24) is 4.57 Å². The lowest BCUT2D eigenvalue weighted by Gasteiger charge is -1.87. The van der Waals surface area contributed by atoms with Crippen molar-refractivity contribution in [3.05, 3.63) is 35.0 Å². The fraction of sp³-hybridized carbons (Fsp3) is 0.333. The van der Waals surface area contributed by atoms with Gasteiger partial charge in [0.05, 0.1) is 0 Å². The molecule has 0 saturated heterocycles. The SMILES string of the molecule is C=c1ccn(C)/c1=C/C=C\C.CC. The number of aryl methyl sites for hydroxylation is 1. The highest BCUT2D eigenvalue weighted by molar-refractivity contribution is 5.35. The highest BCUT2D eigenvalue weighted by Crippen LogP contribution is 1.73. The molecule has 0 radical (unpaired) electrons. The molecule has 13 heavy (non-hydrogen) atoms. The monoisotopic (exact) mass is 177 g/mol. The third-order valence-corrected chi connectivity index (χ3v) is 1.65. The minimum atomic E-state index is 1.07. The highest BCUT2D eigenvalue weighted by Gasteiger charge is 1.84. The largest absolute Gasteiger partial charge is 0.351 e. The van der Waals surface area contributed by atoms with Crippen LogP contribution in [0, 0.1) is 0 Å². The van der Waals surface area contributed by atoms with Crippen LogP contribution in [-0.4, -0.2) is 4.57 Å². The maximum Gasteiger partial charge on any atom is 0.0471 e. The molecule has 0 N–H and O–H groups in total. The van der Waals surface area contributed by atoms with E-state index in [1.807, 2.05) is 52.2 Å². The summed E-state index contributed by atoms with van der Waals surface area (Å²) in [6, 6.07) is 2.01. The van der Waals surface area contributed by atoms with Crippen molar-refractivity contribution in [2.45, 2.75) is 20.8 Å². The summed E-state index contributed by atoms with van der Waals surface area (Å²) in [5.41, 5.74) is 0. The maximum absolute atomic E-state index is 3.91. The second-order valence-electron chi connectivity index (χ2n) is 2.53. The van der Waals surface area contributed by atoms with E-state index in [9.17, 15) is 0 Å². The fourth-order valence-corrected chi connectivity index (χ4v) is 1.01. The van der Waals surface area contributed by atoms with Gasteiger partial charge in [-0.1, -0.05) is 32.6 Å². The normalized spacial score (nSPS) is 11.5. The van der Waals surface area contributed by atoms with Crippen LogP contribution < -0.4 is 10.6 Å². The molecule has 0 spiro atoms. The van der Waals surface area contributed by atoms with Crippen molar-refractivity contribution in [2.24, 2.45) is 7.05 Å². The Balaban J connectivity index is 0.000000671. The molecular weight excluding hydrogens is 158 g/mol. The molecule has 0 bridgehead atoms. The lowest BCUT2D eigenvalue weighted by atomic mass is 10.4. The van der Waals surface area contributed by atoms with Crippen LogP contribution in [0.1, 0.15) is 20.8 Å². The van der Waals surface area contributed by atoms with Gasteiger partial charge in [-0.25, -0.2) is 0 Å². The van der Waals surface area contributed by atoms with Crippen molar-refractivity contribution < 1.29 is 0 Å². The van der Waals surface area contributed by atoms with E-state index in [-0.39, 0.29) is 0 Å². The number of hydrogen-bond acceptors (Lipinski definition) is 0. The van der Waals surface area contributed by atoms with E-state index < -0.39 is 0 Å². The van der Waals surface area contributed by atoms with Crippen LogP contribution in [0.25, 0.3) is 12.7 Å². The van der Waals surface area contributed by atoms with E-state index in [0.717, 1.165) is 5.22 Å². The lowest BCUT2D eigenvalue weighted by molar-refractivity contribution is 0.889. The predicted octanol–water partition coefficient (Wildman–Crippen LogP) is 1.82. The van der Waals surface area contributed by atoms with Gasteiger partial charge in [-0.3, -0.25) is 0 Å². The average Bonchev–Trinajstić information content (AvgIpc) is 2.47. The van der Waals surface area contributed by atoms with Crippen molar-refractivity contribution in [3.8, 4) is 0 Å². The lowest BCUT2D eigenvalue weighted by Crippen LogP contribution is -2.25. The zero-order valence-corrected chi connectivity index (χ0v) is 9.04. The van der Waals surface area contributed by atoms with Gasteiger partial charge in [-0.15, -0.1) is 0 Å². The smallest absolute Gasteiger partial charge is 0.0471 e. The summed E-state index contributed by atoms with van der Waals surface area (Å²) in [6.45, 7) is 9.91. The van der Waals surface area contributed by atoms with Crippen molar-refractivity contribution in [1.29, 1.82) is 0 Å². The molecule has 0 saturated carbocycles. The predicted molar refractivity (Wildman–Crippen MR) is 60.8 cm³/mol. The summed E-state index contributed by atoms with van der Waals surface area (Å²) in [5.74, 6) is 0. The average molecular weight is 177 g/mol. The van der Waals surface area contributed by atoms with E-state index in [1.165, 1.54) is 5.35 Å². The first-order valence-corrected chi connectivity index (χ1v) is 4.69. The Morgan fingerprint density at radius 3 is 2.38 bits per heavy atom. The molecule has 0 aliphatic carbocycles. The molecule has 1 heterocycles. The molecule has 0 unspecified atom stereocenters. The van der Waals surface area contributed by atoms with E-state index in [2.05, 4.69) is 17.2 Å². The molecule has 0 fully saturated rings. The van der Waals surface area contributed by atoms with Crippen LogP contribution >= 0.6 is 0 Å². The molecule has 72 valence electrons. The molecule has 0 aliphatic rings. The zero-order chi connectivity index (χ0) is 10.3. The molecule has 1 aromatic heterocycles. The van der Waals surface area contributed by atoms with E-state index in [1.54, 1.807) is 0 Å². The van der Waals surface area contributed by atoms with Gasteiger partial charge < -0.3 is 4.57 Å². The standard InChI is InChI=1S/C10H13N.C2H6/c1-4-5-6-10-9(2)7-8-11(10)3;1-2/h4-8H,2H2,1,3H3;1-2H3/b5-4-,10-6+;. The minimum Gasteiger partial charge on any atom is -0.351 e. The zero-order valence-electron chi connectivity index (χ0n) is 9.04. The Kier molecular flexibility index (Phi) is 5.69. The number of hydrogen-bond donors (Lipinski definition) is 0. The van der Waals surface area contributed by atoms with Crippen LogP contribution in [0.15, 0.2) is 24.4 Å². The molecule has 0 aliphatic heterocycles. The first kappa shape index (κ1) is 11.8. The Labute approximate surface area is 80.7 Å². The molecule has 0 aromatic carbocycles. The van der Waals surface area contributed by atoms with Gasteiger partial charge in [-0.2, -0.15) is 0 Å². The first-order valence-electron chi connectivity index (χ1n) is 4.69. The van der Waals surface area contributed by atoms with Gasteiger partial charge in [0.1, 0.15) is 0 Å². The van der Waals surface area contributed by atoms with Gasteiger partial charge in [-0.05, 0) is 24.3 Å². The van der Waals surface area contributed by atoms with Crippen LogP contribution in [0.5, 0.6) is 0 Å². The Morgan fingerprint density at radius 1 is 1.38 bits per heavy atom. The first-order chi connectivity index (χ1) is 6.25. The number of aromatic nitrogens is 1. The quantitative estimate of drug-likeness (QED) is 0.616. The second kappa shape index (κ2) is 6.30. The van der Waals surface area contributed by atoms with E-state index >= 15 is 0 Å². The summed E-state index contributed by atoms with van der Waals surface area (Å²) < 4.78 is 2.06. The van der Waals surface area contributed by atoms with Gasteiger partial charge in [0.2, 0.25) is 0 Å². The molecule has 0 amide bonds. The van der Waals surface area contributed by atoms with Gasteiger partial charge >= 0.3 is 0 Å². The molecule has 1 nitrogen and oxygen atoms in total. The van der Waals surface area contributed by atoms with Gasteiger partial charge in [0.25, 0.3) is 0 Å². The Hall–Kier alpha value is -1.24. The number of allylic oxidation sites excluding steroid dienone is 2. The molecule has 1 rings (SSSR count). The summed E-state index contributed by atoms with van der Waals surface area (Å²) in [7, 11) is 2.02. The van der Waals surface area contributed by atoms with Crippen LogP contribution in [-0.2, 0) is 7.05 Å². The second-order valence-corrected chi connectivity index (χ2v) is 2.53. The molecule has 1 aromatic rings. The summed E-state index contributed by atoms with van der Waals surface area (Å²) in [5, 5.41) is 2.24. The summed E-state index contributed by atoms with van der Waals surface area (Å²) in [4.78, 5) is 0. The van der Waals surface area contributed by atoms with Crippen molar-refractivity contribution >= 4 is 12.7 Å². The third kappa shape index (κ3) is 3.32. The van der Waals surface area contributed by atoms with E-state index in [4.69, 9.17) is 0 Å². The van der Waals surface area contributed by atoms with Crippen molar-refractivity contribution in [2.75, 3.05) is 0 Å². The molecule has 1 heteroatoms. The molecular formula is C12H19N. The van der Waals surface area contributed by atoms with Gasteiger partial charge in [0, 0.05) is 18.6 Å². The summed E-state index contributed by atoms with van der Waals surface area (Å²) in [6.07, 6.45) is 8.09. The van der Waals surface area contributed by atoms with Crippen LogP contribution in [0.2, 0.25) is 0 Å². The van der Waals surface area contributed by atoms with Crippen LogP contribution in [0.4, 0.5) is 0 Å². The Morgan fingerprint density at radius 2 is 2.00 bits per heavy atom. The van der Waals surface area contributed by atoms with E-state index in [0.29, 0.717) is 0 Å². The molecule has 0 atom stereocenters. The maximum atomic E-state index is 3.91. The highest BCUT2D eigenvalue weighted by atomic mass is 14.9. The van der Waals surface area contributed by atoms with Crippen LogP contribution in [0.3, 0.4) is 0 Å². The van der Waals surface area contributed by atoms with Gasteiger partial charge in [0.15, 0.2) is 0 Å². The Bertz CT molecular complexity index is 355. The number of rotatable bonds is 1. The third-order valence-electron chi connectivity index (χ3n) is 1.65. The van der Waals surface area contributed by atoms with Crippen molar-refractivity contribution in [3.63, 3.8) is 0 Å². The minimum absolute atomic E-state index is 1.07. The fourth-order valence-electron chi connectivity index (χ4n) is 1.01. The number of nitrogens with zero attached hydrogens (tertiary/aromatic N) is 1. The summed E-state index contributed by atoms with van der Waals surface area (Å²) >= 11 is 0.